The van der Waals surface area contributed by atoms with Gasteiger partial charge in [0.25, 0.3) is 0 Å². The summed E-state index contributed by atoms with van der Waals surface area (Å²) in [5, 5.41) is 2.73. The van der Waals surface area contributed by atoms with E-state index in [1.54, 1.807) is 37.3 Å². The van der Waals surface area contributed by atoms with E-state index in [0.29, 0.717) is 12.4 Å². The molecule has 1 amide bonds. The lowest BCUT2D eigenvalue weighted by molar-refractivity contribution is -0.150. The number of nitrogens with zero attached hydrogens (tertiary/aromatic N) is 3. The number of nitrogens with one attached hydrogen (secondary N) is 1. The van der Waals surface area contributed by atoms with Crippen LogP contribution in [0.1, 0.15) is 26.7 Å². The Morgan fingerprint density at radius 1 is 1.38 bits per heavy atom. The van der Waals surface area contributed by atoms with Crippen LogP contribution in [-0.4, -0.2) is 48.1 Å². The fraction of sp³-hybridized carbons (Fsp3) is 0.571. The van der Waals surface area contributed by atoms with Crippen molar-refractivity contribution in [1.82, 2.24) is 15.3 Å². The number of esters is 1. The van der Waals surface area contributed by atoms with E-state index >= 15 is 0 Å². The third-order valence-corrected chi connectivity index (χ3v) is 3.08. The van der Waals surface area contributed by atoms with Gasteiger partial charge in [-0.2, -0.15) is 0 Å². The Balaban J connectivity index is 2.68. The Labute approximate surface area is 124 Å². The van der Waals surface area contributed by atoms with Crippen LogP contribution in [0.2, 0.25) is 0 Å². The highest BCUT2D eigenvalue weighted by atomic mass is 16.5. The van der Waals surface area contributed by atoms with Gasteiger partial charge in [0.1, 0.15) is 5.54 Å². The summed E-state index contributed by atoms with van der Waals surface area (Å²) in [4.78, 5) is 33.7. The van der Waals surface area contributed by atoms with Crippen molar-refractivity contribution in [3.63, 3.8) is 0 Å². The molecule has 1 rings (SSSR count). The fourth-order valence-electron chi connectivity index (χ4n) is 2.06. The number of aromatic nitrogens is 2. The normalized spacial score (nSPS) is 13.1. The summed E-state index contributed by atoms with van der Waals surface area (Å²) in [5.74, 6) is -0.287. The number of anilines is 1. The van der Waals surface area contributed by atoms with Crippen molar-refractivity contribution in [3.8, 4) is 0 Å². The molecule has 0 saturated carbocycles. The largest absolute Gasteiger partial charge is 0.467 e. The number of hydrogen-bond donors (Lipinski definition) is 1. The van der Waals surface area contributed by atoms with E-state index in [1.807, 2.05) is 6.92 Å². The number of methoxy groups -OCH3 is 1. The van der Waals surface area contributed by atoms with Crippen LogP contribution in [0.5, 0.6) is 0 Å². The van der Waals surface area contributed by atoms with Gasteiger partial charge in [-0.05, 0) is 19.4 Å². The molecule has 0 aromatic carbocycles. The van der Waals surface area contributed by atoms with Crippen molar-refractivity contribution in [3.05, 3.63) is 18.5 Å². The highest BCUT2D eigenvalue weighted by Gasteiger charge is 2.35. The first-order valence-corrected chi connectivity index (χ1v) is 6.80. The van der Waals surface area contributed by atoms with Crippen molar-refractivity contribution in [2.75, 3.05) is 25.6 Å². The quantitative estimate of drug-likeness (QED) is 0.747. The molecule has 1 heterocycles. The van der Waals surface area contributed by atoms with Gasteiger partial charge in [-0.1, -0.05) is 13.3 Å². The summed E-state index contributed by atoms with van der Waals surface area (Å²) >= 11 is 0. The maximum absolute atomic E-state index is 12.1. The lowest BCUT2D eigenvalue weighted by atomic mass is 9.96. The average Bonchev–Trinajstić information content (AvgIpc) is 2.47. The smallest absolute Gasteiger partial charge is 0.331 e. The van der Waals surface area contributed by atoms with E-state index in [4.69, 9.17) is 4.74 Å². The summed E-state index contributed by atoms with van der Waals surface area (Å²) in [6, 6.07) is 1.70. The van der Waals surface area contributed by atoms with Gasteiger partial charge in [-0.3, -0.25) is 4.79 Å². The van der Waals surface area contributed by atoms with Crippen molar-refractivity contribution >= 4 is 17.8 Å². The summed E-state index contributed by atoms with van der Waals surface area (Å²) in [6.07, 6.45) is 4.47. The van der Waals surface area contributed by atoms with Gasteiger partial charge in [0.15, 0.2) is 0 Å². The Bertz CT molecular complexity index is 480. The maximum Gasteiger partial charge on any atom is 0.331 e. The molecule has 1 atom stereocenters. The topological polar surface area (TPSA) is 84.4 Å². The van der Waals surface area contributed by atoms with Crippen LogP contribution >= 0.6 is 0 Å². The van der Waals surface area contributed by atoms with Crippen LogP contribution in [0, 0.1) is 0 Å². The molecule has 21 heavy (non-hydrogen) atoms. The van der Waals surface area contributed by atoms with Gasteiger partial charge in [0.05, 0.1) is 13.7 Å². The number of carbonyl (C=O) groups is 2. The molecule has 0 aliphatic carbocycles. The fourth-order valence-corrected chi connectivity index (χ4v) is 2.06. The highest BCUT2D eigenvalue weighted by Crippen LogP contribution is 2.14. The first-order valence-electron chi connectivity index (χ1n) is 6.80. The molecular formula is C14H22N4O3. The standard InChI is InChI=1S/C14H22N4O3/c1-5-7-14(2,12(20)21-4)17-11(19)10-18(3)13-15-8-6-9-16-13/h6,8-9H,5,7,10H2,1-4H3,(H,17,19). The summed E-state index contributed by atoms with van der Waals surface area (Å²) in [5.41, 5.74) is -1.01. The van der Waals surface area contributed by atoms with E-state index in [9.17, 15) is 9.59 Å². The van der Waals surface area contributed by atoms with Gasteiger partial charge in [0.2, 0.25) is 11.9 Å². The highest BCUT2D eigenvalue weighted by molar-refractivity contribution is 5.89. The van der Waals surface area contributed by atoms with E-state index < -0.39 is 11.5 Å². The number of ether oxygens (including phenoxy) is 1. The zero-order valence-corrected chi connectivity index (χ0v) is 12.9. The third kappa shape index (κ3) is 4.70. The first-order chi connectivity index (χ1) is 9.92. The zero-order chi connectivity index (χ0) is 15.9. The average molecular weight is 294 g/mol. The number of amides is 1. The number of hydrogen-bond acceptors (Lipinski definition) is 6. The molecule has 0 bridgehead atoms. The SMILES string of the molecule is CCCC(C)(NC(=O)CN(C)c1ncccn1)C(=O)OC. The number of carbonyl (C=O) groups excluding carboxylic acids is 2. The summed E-state index contributed by atoms with van der Waals surface area (Å²) in [7, 11) is 3.02. The Kier molecular flexibility index (Phi) is 6.08. The van der Waals surface area contributed by atoms with Crippen LogP contribution in [0.3, 0.4) is 0 Å². The predicted octanol–water partition coefficient (Wildman–Crippen LogP) is 0.761. The minimum atomic E-state index is -1.01. The predicted molar refractivity (Wildman–Crippen MR) is 78.8 cm³/mol. The number of rotatable bonds is 7. The molecule has 1 unspecified atom stereocenters. The Hall–Kier alpha value is -2.18. The van der Waals surface area contributed by atoms with Gasteiger partial charge < -0.3 is 15.0 Å². The van der Waals surface area contributed by atoms with Crippen molar-refractivity contribution in [1.29, 1.82) is 0 Å². The lowest BCUT2D eigenvalue weighted by Gasteiger charge is -2.28. The number of likely N-dealkylation sites (N-methyl/N-ethyl adjacent to an activating group) is 1. The molecule has 0 aliphatic heterocycles. The molecule has 0 saturated heterocycles. The second kappa shape index (κ2) is 7.56. The zero-order valence-electron chi connectivity index (χ0n) is 12.9. The van der Waals surface area contributed by atoms with Crippen LogP contribution in [-0.2, 0) is 14.3 Å². The van der Waals surface area contributed by atoms with Crippen LogP contribution < -0.4 is 10.2 Å². The second-order valence-electron chi connectivity index (χ2n) is 5.03. The summed E-state index contributed by atoms with van der Waals surface area (Å²) < 4.78 is 4.77. The van der Waals surface area contributed by atoms with Crippen molar-refractivity contribution < 1.29 is 14.3 Å². The maximum atomic E-state index is 12.1. The molecular weight excluding hydrogens is 272 g/mol. The summed E-state index contributed by atoms with van der Waals surface area (Å²) in [6.45, 7) is 3.66. The van der Waals surface area contributed by atoms with Gasteiger partial charge in [0, 0.05) is 19.4 Å². The van der Waals surface area contributed by atoms with E-state index in [2.05, 4.69) is 15.3 Å². The lowest BCUT2D eigenvalue weighted by Crippen LogP contribution is -2.54. The molecule has 0 radical (unpaired) electrons. The monoisotopic (exact) mass is 294 g/mol. The molecule has 116 valence electrons. The van der Waals surface area contributed by atoms with Gasteiger partial charge >= 0.3 is 5.97 Å². The third-order valence-electron chi connectivity index (χ3n) is 3.08. The van der Waals surface area contributed by atoms with E-state index in [1.165, 1.54) is 7.11 Å². The molecule has 0 aliphatic rings. The Morgan fingerprint density at radius 2 is 2.00 bits per heavy atom. The molecule has 0 spiro atoms. The Morgan fingerprint density at radius 3 is 2.52 bits per heavy atom. The molecule has 1 aromatic rings. The molecule has 7 heteroatoms. The van der Waals surface area contributed by atoms with Crippen molar-refractivity contribution in [2.24, 2.45) is 0 Å². The first kappa shape index (κ1) is 16.9. The molecule has 7 nitrogen and oxygen atoms in total. The van der Waals surface area contributed by atoms with Gasteiger partial charge in [-0.25, -0.2) is 14.8 Å². The van der Waals surface area contributed by atoms with Crippen molar-refractivity contribution in [2.45, 2.75) is 32.2 Å². The van der Waals surface area contributed by atoms with Crippen LogP contribution in [0.15, 0.2) is 18.5 Å². The van der Waals surface area contributed by atoms with E-state index in [0.717, 1.165) is 6.42 Å². The molecule has 1 aromatic heterocycles. The second-order valence-corrected chi connectivity index (χ2v) is 5.03. The van der Waals surface area contributed by atoms with Gasteiger partial charge in [-0.15, -0.1) is 0 Å². The minimum absolute atomic E-state index is 0.0559. The van der Waals surface area contributed by atoms with E-state index in [-0.39, 0.29) is 12.5 Å². The minimum Gasteiger partial charge on any atom is -0.467 e. The van der Waals surface area contributed by atoms with Crippen LogP contribution in [0.4, 0.5) is 5.95 Å². The van der Waals surface area contributed by atoms with Crippen LogP contribution in [0.25, 0.3) is 0 Å². The molecule has 1 N–H and O–H groups in total. The molecule has 0 fully saturated rings.